The summed E-state index contributed by atoms with van der Waals surface area (Å²) >= 11 is 0. The third-order valence-corrected chi connectivity index (χ3v) is 4.23. The highest BCUT2D eigenvalue weighted by Crippen LogP contribution is 2.22. The van der Waals surface area contributed by atoms with Gasteiger partial charge < -0.3 is 20.9 Å². The van der Waals surface area contributed by atoms with Gasteiger partial charge in [0.15, 0.2) is 0 Å². The highest BCUT2D eigenvalue weighted by Gasteiger charge is 2.17. The first-order valence-corrected chi connectivity index (χ1v) is 8.10. The van der Waals surface area contributed by atoms with Crippen LogP contribution in [0.2, 0.25) is 0 Å². The van der Waals surface area contributed by atoms with E-state index in [9.17, 15) is 9.59 Å². The highest BCUT2D eigenvalue weighted by atomic mass is 79.9. The number of carbonyl (C=O) groups is 2. The van der Waals surface area contributed by atoms with Gasteiger partial charge in [0.2, 0.25) is 0 Å². The van der Waals surface area contributed by atoms with Crippen LogP contribution in [0.25, 0.3) is 0 Å². The maximum Gasteiger partial charge on any atom is 0.323 e. The maximum atomic E-state index is 11.2. The average Bonchev–Trinajstić information content (AvgIpc) is 2.34. The second kappa shape index (κ2) is 22.1. The van der Waals surface area contributed by atoms with Gasteiger partial charge in [-0.1, -0.05) is 21.6 Å². The van der Waals surface area contributed by atoms with Crippen LogP contribution in [0.15, 0.2) is 0 Å². The minimum absolute atomic E-state index is 0. The van der Waals surface area contributed by atoms with Crippen LogP contribution in [0.1, 0.15) is 13.8 Å². The van der Waals surface area contributed by atoms with Crippen LogP contribution in [0.5, 0.6) is 0 Å². The lowest BCUT2D eigenvalue weighted by Gasteiger charge is -2.11. The van der Waals surface area contributed by atoms with Crippen molar-refractivity contribution in [3.63, 3.8) is 0 Å². The predicted molar refractivity (Wildman–Crippen MR) is 109 cm³/mol. The molecule has 0 aromatic rings. The van der Waals surface area contributed by atoms with Gasteiger partial charge in [-0.2, -0.15) is 0 Å². The first-order valence-electron chi connectivity index (χ1n) is 5.61. The second-order valence-electron chi connectivity index (χ2n) is 3.29. The molecule has 0 spiro atoms. The van der Waals surface area contributed by atoms with E-state index in [1.54, 1.807) is 13.8 Å². The van der Waals surface area contributed by atoms with E-state index in [1.165, 1.54) is 21.6 Å². The molecule has 0 aliphatic carbocycles. The average molecular weight is 531 g/mol. The number of nitrogens with two attached hydrogens (primary N) is 2. The Bertz CT molecular complexity index is 259. The lowest BCUT2D eigenvalue weighted by atomic mass is 10.4. The molecule has 0 aromatic heterocycles. The van der Waals surface area contributed by atoms with Gasteiger partial charge in [-0.3, -0.25) is 9.59 Å². The monoisotopic (exact) mass is 528 g/mol. The fourth-order valence-corrected chi connectivity index (χ4v) is 3.09. The van der Waals surface area contributed by atoms with Crippen molar-refractivity contribution in [2.75, 3.05) is 24.7 Å². The number of hydrogen-bond donors (Lipinski definition) is 2. The first kappa shape index (κ1) is 34.4. The molecule has 0 aromatic carbocycles. The van der Waals surface area contributed by atoms with Crippen LogP contribution in [-0.4, -0.2) is 48.7 Å². The first-order chi connectivity index (χ1) is 8.52. The highest BCUT2D eigenvalue weighted by molar-refractivity contribution is 8.93. The van der Waals surface area contributed by atoms with Gasteiger partial charge in [0.1, 0.15) is 12.1 Å². The lowest BCUT2D eigenvalue weighted by Crippen LogP contribution is -2.35. The minimum Gasteiger partial charge on any atom is -0.465 e. The third-order valence-electron chi connectivity index (χ3n) is 1.76. The van der Waals surface area contributed by atoms with Crippen molar-refractivity contribution in [3.05, 3.63) is 0 Å². The number of esters is 2. The van der Waals surface area contributed by atoms with Gasteiger partial charge in [0, 0.05) is 11.5 Å². The van der Waals surface area contributed by atoms with Gasteiger partial charge in [0.05, 0.1) is 13.2 Å². The molecule has 0 aliphatic rings. The Morgan fingerprint density at radius 1 is 0.864 bits per heavy atom. The molecule has 0 saturated heterocycles. The summed E-state index contributed by atoms with van der Waals surface area (Å²) in [6, 6.07) is -1.30. The zero-order valence-corrected chi connectivity index (χ0v) is 18.9. The number of ether oxygens (including phenoxy) is 2. The Hall–Kier alpha value is 1.10. The van der Waals surface area contributed by atoms with Crippen LogP contribution in [0, 0.1) is 0 Å². The zero-order valence-electron chi connectivity index (χ0n) is 12.2. The van der Waals surface area contributed by atoms with Crippen molar-refractivity contribution >= 4 is 92.3 Å². The summed E-state index contributed by atoms with van der Waals surface area (Å²) < 4.78 is 9.53. The molecule has 0 radical (unpaired) electrons. The molecule has 12 heteroatoms. The van der Waals surface area contributed by atoms with Crippen LogP contribution in [0.3, 0.4) is 0 Å². The molecule has 2 atom stereocenters. The normalized spacial score (nSPS) is 11.3. The summed E-state index contributed by atoms with van der Waals surface area (Å²) in [5.74, 6) is -0.00135. The zero-order chi connectivity index (χ0) is 14.0. The minimum atomic E-state index is -0.652. The topological polar surface area (TPSA) is 105 Å². The van der Waals surface area contributed by atoms with Gasteiger partial charge in [-0.25, -0.2) is 0 Å². The van der Waals surface area contributed by atoms with Crippen molar-refractivity contribution in [2.45, 2.75) is 25.9 Å². The summed E-state index contributed by atoms with van der Waals surface area (Å²) in [6.07, 6.45) is 0. The van der Waals surface area contributed by atoms with Crippen LogP contribution in [-0.2, 0) is 19.1 Å². The van der Waals surface area contributed by atoms with E-state index in [-0.39, 0.29) is 58.8 Å². The van der Waals surface area contributed by atoms with Gasteiger partial charge in [0.25, 0.3) is 0 Å². The van der Waals surface area contributed by atoms with E-state index in [1.807, 2.05) is 0 Å². The number of carbonyl (C=O) groups excluding carboxylic acids is 2. The van der Waals surface area contributed by atoms with Crippen molar-refractivity contribution in [2.24, 2.45) is 11.5 Å². The fraction of sp³-hybridized carbons (Fsp3) is 0.800. The van der Waals surface area contributed by atoms with Crippen molar-refractivity contribution < 1.29 is 19.1 Å². The van der Waals surface area contributed by atoms with E-state index in [4.69, 9.17) is 20.9 Å². The molecule has 0 aliphatic heterocycles. The summed E-state index contributed by atoms with van der Waals surface area (Å²) in [5, 5.41) is 0. The maximum absolute atomic E-state index is 11.2. The Labute approximate surface area is 172 Å². The molecule has 6 nitrogen and oxygen atoms in total. The molecule has 22 heavy (non-hydrogen) atoms. The second-order valence-corrected chi connectivity index (χ2v) is 5.84. The third kappa shape index (κ3) is 17.5. The Kier molecular flexibility index (Phi) is 34.6. The summed E-state index contributed by atoms with van der Waals surface area (Å²) in [7, 11) is 2.76. The summed E-state index contributed by atoms with van der Waals surface area (Å²) in [5.41, 5.74) is 11.2. The Morgan fingerprint density at radius 3 is 1.36 bits per heavy atom. The SMILES string of the molecule is Br.Br.CCOC(=O)[C@@H](N)CSSC[C@H](N)C(=O)OCC.Cl.Cl. The summed E-state index contributed by atoms with van der Waals surface area (Å²) in [4.78, 5) is 22.4. The lowest BCUT2D eigenvalue weighted by molar-refractivity contribution is -0.144. The molecule has 0 saturated carbocycles. The largest absolute Gasteiger partial charge is 0.465 e. The Morgan fingerprint density at radius 2 is 1.14 bits per heavy atom. The van der Waals surface area contributed by atoms with E-state index >= 15 is 0 Å². The van der Waals surface area contributed by atoms with Crippen LogP contribution in [0.4, 0.5) is 0 Å². The molecule has 0 rings (SSSR count). The molecular weight excluding hydrogens is 507 g/mol. The number of rotatable bonds is 9. The smallest absolute Gasteiger partial charge is 0.323 e. The van der Waals surface area contributed by atoms with Crippen molar-refractivity contribution in [1.82, 2.24) is 0 Å². The van der Waals surface area contributed by atoms with E-state index < -0.39 is 24.0 Å². The molecule has 138 valence electrons. The van der Waals surface area contributed by atoms with E-state index in [2.05, 4.69) is 0 Å². The van der Waals surface area contributed by atoms with Crippen molar-refractivity contribution in [3.8, 4) is 0 Å². The van der Waals surface area contributed by atoms with Crippen LogP contribution < -0.4 is 11.5 Å². The quantitative estimate of drug-likeness (QED) is 0.265. The molecule has 0 unspecified atom stereocenters. The van der Waals surface area contributed by atoms with Crippen LogP contribution >= 0.6 is 80.4 Å². The van der Waals surface area contributed by atoms with Gasteiger partial charge >= 0.3 is 11.9 Å². The molecule has 0 bridgehead atoms. The predicted octanol–water partition coefficient (Wildman–Crippen LogP) is 2.15. The molecular formula is C10H24Br2Cl2N2O4S2. The van der Waals surface area contributed by atoms with Gasteiger partial charge in [-0.05, 0) is 13.8 Å². The Balaban J connectivity index is -0.000000241. The molecule has 0 amide bonds. The fourth-order valence-electron chi connectivity index (χ4n) is 0.878. The standard InChI is InChI=1S/C10H20N2O4S2.2BrH.2ClH/c1-3-15-9(13)7(11)5-17-18-6-8(12)10(14)16-4-2;;;;/h7-8H,3-6,11-12H2,1-2H3;4*1H/t7-,8-;;;;/m0..../s1. The molecule has 0 heterocycles. The number of hydrogen-bond acceptors (Lipinski definition) is 8. The van der Waals surface area contributed by atoms with Crippen molar-refractivity contribution in [1.29, 1.82) is 0 Å². The van der Waals surface area contributed by atoms with E-state index in [0.29, 0.717) is 24.7 Å². The van der Waals surface area contributed by atoms with E-state index in [0.717, 1.165) is 0 Å². The number of halogens is 4. The van der Waals surface area contributed by atoms with Gasteiger partial charge in [-0.15, -0.1) is 58.8 Å². The molecule has 4 N–H and O–H groups in total. The summed E-state index contributed by atoms with van der Waals surface area (Å²) in [6.45, 7) is 4.09. The molecule has 0 fully saturated rings.